The molecule has 0 aliphatic carbocycles. The summed E-state index contributed by atoms with van der Waals surface area (Å²) in [5, 5.41) is 14.1. The molecule has 3 aromatic rings. The van der Waals surface area contributed by atoms with Crippen LogP contribution in [0, 0.1) is 10.1 Å². The predicted molar refractivity (Wildman–Crippen MR) is 107 cm³/mol. The first-order valence-corrected chi connectivity index (χ1v) is 8.80. The molecule has 0 atom stereocenters. The lowest BCUT2D eigenvalue weighted by atomic mass is 9.91. The Morgan fingerprint density at radius 2 is 1.57 bits per heavy atom. The Balaban J connectivity index is 1.81. The second-order valence-electron chi connectivity index (χ2n) is 6.23. The van der Waals surface area contributed by atoms with E-state index in [0.29, 0.717) is 6.54 Å². The highest BCUT2D eigenvalue weighted by Crippen LogP contribution is 2.28. The van der Waals surface area contributed by atoms with Crippen molar-refractivity contribution in [2.75, 3.05) is 13.7 Å². The number of rotatable bonds is 7. The Labute approximate surface area is 162 Å². The van der Waals surface area contributed by atoms with E-state index in [2.05, 4.69) is 5.32 Å². The van der Waals surface area contributed by atoms with Gasteiger partial charge in [-0.2, -0.15) is 0 Å². The maximum absolute atomic E-state index is 12.6. The van der Waals surface area contributed by atoms with Gasteiger partial charge in [0.1, 0.15) is 0 Å². The lowest BCUT2D eigenvalue weighted by Gasteiger charge is -2.19. The van der Waals surface area contributed by atoms with Crippen molar-refractivity contribution in [1.29, 1.82) is 0 Å². The van der Waals surface area contributed by atoms with Crippen LogP contribution in [0.5, 0.6) is 5.75 Å². The molecule has 0 spiro atoms. The van der Waals surface area contributed by atoms with Crippen molar-refractivity contribution >= 4 is 11.6 Å². The lowest BCUT2D eigenvalue weighted by Crippen LogP contribution is -2.29. The summed E-state index contributed by atoms with van der Waals surface area (Å²) in [5.41, 5.74) is 2.13. The normalized spacial score (nSPS) is 10.5. The highest BCUT2D eigenvalue weighted by molar-refractivity contribution is 5.95. The number of nitro groups is 1. The van der Waals surface area contributed by atoms with Crippen molar-refractivity contribution < 1.29 is 14.5 Å². The largest absolute Gasteiger partial charge is 0.490 e. The second-order valence-corrected chi connectivity index (χ2v) is 6.23. The molecule has 3 aromatic carbocycles. The first-order valence-electron chi connectivity index (χ1n) is 8.80. The van der Waals surface area contributed by atoms with Crippen molar-refractivity contribution in [3.63, 3.8) is 0 Å². The number of ether oxygens (including phenoxy) is 1. The Kier molecular flexibility index (Phi) is 6.01. The van der Waals surface area contributed by atoms with E-state index in [4.69, 9.17) is 4.74 Å². The van der Waals surface area contributed by atoms with Crippen LogP contribution in [0.1, 0.15) is 27.4 Å². The summed E-state index contributed by atoms with van der Waals surface area (Å²) in [5.74, 6) is -0.282. The van der Waals surface area contributed by atoms with E-state index in [1.807, 2.05) is 60.7 Å². The number of nitrogens with one attached hydrogen (secondary N) is 1. The third-order valence-electron chi connectivity index (χ3n) is 4.51. The van der Waals surface area contributed by atoms with Crippen LogP contribution in [0.4, 0.5) is 5.69 Å². The zero-order chi connectivity index (χ0) is 19.9. The first-order chi connectivity index (χ1) is 13.6. The Hall–Kier alpha value is -3.67. The molecule has 0 aromatic heterocycles. The Bertz CT molecular complexity index is 919. The molecule has 0 aliphatic rings. The van der Waals surface area contributed by atoms with E-state index in [1.165, 1.54) is 25.3 Å². The maximum atomic E-state index is 12.6. The van der Waals surface area contributed by atoms with Crippen molar-refractivity contribution in [3.05, 3.63) is 106 Å². The van der Waals surface area contributed by atoms with Crippen molar-refractivity contribution in [3.8, 4) is 5.75 Å². The van der Waals surface area contributed by atoms with Gasteiger partial charge in [-0.15, -0.1) is 0 Å². The molecule has 0 saturated carbocycles. The molecule has 1 amide bonds. The summed E-state index contributed by atoms with van der Waals surface area (Å²) in [6, 6.07) is 24.0. The molecule has 0 bridgehead atoms. The molecule has 0 saturated heterocycles. The lowest BCUT2D eigenvalue weighted by molar-refractivity contribution is -0.385. The van der Waals surface area contributed by atoms with Gasteiger partial charge in [0.05, 0.1) is 12.0 Å². The van der Waals surface area contributed by atoms with Crippen molar-refractivity contribution in [2.45, 2.75) is 5.92 Å². The van der Waals surface area contributed by atoms with E-state index in [0.717, 1.165) is 11.1 Å². The van der Waals surface area contributed by atoms with Gasteiger partial charge in [-0.3, -0.25) is 14.9 Å². The van der Waals surface area contributed by atoms with Crippen molar-refractivity contribution in [1.82, 2.24) is 5.32 Å². The standard InChI is InChI=1S/C22H20N2O4/c1-28-21-13-12-18(14-20(21)24(26)27)22(25)23-15-19(16-8-4-2-5-9-16)17-10-6-3-7-11-17/h2-14,19H,15H2,1H3,(H,23,25). The van der Waals surface area contributed by atoms with Crippen molar-refractivity contribution in [2.24, 2.45) is 0 Å². The average Bonchev–Trinajstić information content (AvgIpc) is 2.74. The summed E-state index contributed by atoms with van der Waals surface area (Å²) in [7, 11) is 1.35. The number of amides is 1. The fourth-order valence-corrected chi connectivity index (χ4v) is 3.07. The van der Waals surface area contributed by atoms with Gasteiger partial charge in [0.25, 0.3) is 5.91 Å². The molecular weight excluding hydrogens is 356 g/mol. The molecule has 3 rings (SSSR count). The van der Waals surface area contributed by atoms with Crippen LogP contribution in [-0.2, 0) is 0 Å². The highest BCUT2D eigenvalue weighted by Gasteiger charge is 2.20. The first kappa shape index (κ1) is 19.1. The average molecular weight is 376 g/mol. The second kappa shape index (κ2) is 8.81. The molecular formula is C22H20N2O4. The molecule has 6 heteroatoms. The Morgan fingerprint density at radius 1 is 1.00 bits per heavy atom. The highest BCUT2D eigenvalue weighted by atomic mass is 16.6. The van der Waals surface area contributed by atoms with Gasteiger partial charge < -0.3 is 10.1 Å². The van der Waals surface area contributed by atoms with Crippen LogP contribution in [0.2, 0.25) is 0 Å². The van der Waals surface area contributed by atoms with Gasteiger partial charge in [-0.05, 0) is 23.3 Å². The number of hydrogen-bond donors (Lipinski definition) is 1. The third kappa shape index (κ3) is 4.35. The molecule has 28 heavy (non-hydrogen) atoms. The molecule has 0 radical (unpaired) electrons. The topological polar surface area (TPSA) is 81.5 Å². The molecule has 6 nitrogen and oxygen atoms in total. The van der Waals surface area contributed by atoms with E-state index in [1.54, 1.807) is 0 Å². The fourth-order valence-electron chi connectivity index (χ4n) is 3.07. The van der Waals surface area contributed by atoms with Crippen LogP contribution in [-0.4, -0.2) is 24.5 Å². The number of hydrogen-bond acceptors (Lipinski definition) is 4. The van der Waals surface area contributed by atoms with Gasteiger partial charge >= 0.3 is 5.69 Å². The minimum absolute atomic E-state index is 0.0282. The van der Waals surface area contributed by atoms with E-state index in [9.17, 15) is 14.9 Å². The van der Waals surface area contributed by atoms with Gasteiger partial charge in [0.15, 0.2) is 5.75 Å². The Morgan fingerprint density at radius 3 is 2.07 bits per heavy atom. The van der Waals surface area contributed by atoms with E-state index in [-0.39, 0.29) is 28.8 Å². The van der Waals surface area contributed by atoms with E-state index < -0.39 is 4.92 Å². The third-order valence-corrected chi connectivity index (χ3v) is 4.51. The number of methoxy groups -OCH3 is 1. The number of carbonyl (C=O) groups is 1. The van der Waals surface area contributed by atoms with E-state index >= 15 is 0 Å². The summed E-state index contributed by atoms with van der Waals surface area (Å²) in [6.45, 7) is 0.368. The zero-order valence-electron chi connectivity index (χ0n) is 15.4. The van der Waals surface area contributed by atoms with Crippen LogP contribution >= 0.6 is 0 Å². The SMILES string of the molecule is COc1ccc(C(=O)NCC(c2ccccc2)c2ccccc2)cc1[N+](=O)[O-]. The van der Waals surface area contributed by atoms with Gasteiger partial charge in [-0.25, -0.2) is 0 Å². The smallest absolute Gasteiger partial charge is 0.311 e. The van der Waals surface area contributed by atoms with Crippen LogP contribution < -0.4 is 10.1 Å². The molecule has 0 fully saturated rings. The summed E-state index contributed by atoms with van der Waals surface area (Å²) >= 11 is 0. The number of benzene rings is 3. The molecule has 0 unspecified atom stereocenters. The monoisotopic (exact) mass is 376 g/mol. The molecule has 0 heterocycles. The minimum Gasteiger partial charge on any atom is -0.490 e. The quantitative estimate of drug-likeness (QED) is 0.496. The minimum atomic E-state index is -0.563. The number of nitrogens with zero attached hydrogens (tertiary/aromatic N) is 1. The molecule has 142 valence electrons. The summed E-state index contributed by atoms with van der Waals surface area (Å²) in [4.78, 5) is 23.2. The van der Waals surface area contributed by atoms with Gasteiger partial charge in [-0.1, -0.05) is 60.7 Å². The molecule has 0 aliphatic heterocycles. The summed E-state index contributed by atoms with van der Waals surface area (Å²) < 4.78 is 4.98. The van der Waals surface area contributed by atoms with Gasteiger partial charge in [0.2, 0.25) is 0 Å². The van der Waals surface area contributed by atoms with Crippen LogP contribution in [0.3, 0.4) is 0 Å². The number of nitro benzene ring substituents is 1. The number of carbonyl (C=O) groups excluding carboxylic acids is 1. The van der Waals surface area contributed by atoms with Crippen LogP contribution in [0.25, 0.3) is 0 Å². The zero-order valence-corrected chi connectivity index (χ0v) is 15.4. The van der Waals surface area contributed by atoms with Crippen LogP contribution in [0.15, 0.2) is 78.9 Å². The maximum Gasteiger partial charge on any atom is 0.311 e. The predicted octanol–water partition coefficient (Wildman–Crippen LogP) is 4.17. The summed E-state index contributed by atoms with van der Waals surface area (Å²) in [6.07, 6.45) is 0. The fraction of sp³-hybridized carbons (Fsp3) is 0.136. The molecule has 1 N–H and O–H groups in total. The van der Waals surface area contributed by atoms with Gasteiger partial charge in [0, 0.05) is 24.1 Å².